The average molecular weight is 370 g/mol. The molecule has 1 atom stereocenters. The van der Waals surface area contributed by atoms with E-state index < -0.39 is 13.8 Å². The summed E-state index contributed by atoms with van der Waals surface area (Å²) in [6.45, 7) is 2.70. The summed E-state index contributed by atoms with van der Waals surface area (Å²) in [5, 5.41) is 3.44. The number of benzene rings is 2. The van der Waals surface area contributed by atoms with Crippen molar-refractivity contribution in [2.45, 2.75) is 6.54 Å². The number of fused-ring (bicyclic) bond motifs is 1. The van der Waals surface area contributed by atoms with Crippen molar-refractivity contribution in [3.63, 3.8) is 0 Å². The van der Waals surface area contributed by atoms with Crippen molar-refractivity contribution in [1.82, 2.24) is 5.32 Å². The van der Waals surface area contributed by atoms with Crippen LogP contribution in [0, 0.1) is 0 Å². The second kappa shape index (κ2) is 7.71. The van der Waals surface area contributed by atoms with Crippen LogP contribution in [0.15, 0.2) is 54.6 Å². The molecule has 1 aliphatic rings. The van der Waals surface area contributed by atoms with Crippen LogP contribution in [-0.4, -0.2) is 32.4 Å². The molecule has 0 saturated heterocycles. The van der Waals surface area contributed by atoms with Crippen molar-refractivity contribution in [2.75, 3.05) is 23.4 Å². The molecule has 2 aromatic rings. The van der Waals surface area contributed by atoms with Gasteiger partial charge in [-0.15, -0.1) is 12.4 Å². The van der Waals surface area contributed by atoms with Crippen molar-refractivity contribution in [2.24, 2.45) is 0 Å². The van der Waals surface area contributed by atoms with Crippen molar-refractivity contribution in [3.8, 4) is 0 Å². The van der Waals surface area contributed by atoms with Crippen molar-refractivity contribution >= 4 is 36.4 Å². The summed E-state index contributed by atoms with van der Waals surface area (Å²) in [6.07, 6.45) is 0. The summed E-state index contributed by atoms with van der Waals surface area (Å²) < 4.78 is 13.1. The van der Waals surface area contributed by atoms with Crippen LogP contribution in [0.5, 0.6) is 0 Å². The molecule has 0 radical (unpaired) electrons. The molecule has 0 spiro atoms. The maximum atomic E-state index is 12.1. The van der Waals surface area contributed by atoms with Crippen molar-refractivity contribution < 1.29 is 3.83 Å². The molecule has 0 aromatic heterocycles. The van der Waals surface area contributed by atoms with Gasteiger partial charge < -0.3 is 0 Å². The normalized spacial score (nSPS) is 16.4. The molecule has 2 aromatic carbocycles. The Morgan fingerprint density at radius 1 is 1.05 bits per heavy atom. The summed E-state index contributed by atoms with van der Waals surface area (Å²) in [6, 6.07) is 18.5. The van der Waals surface area contributed by atoms with Gasteiger partial charge in [0.2, 0.25) is 0 Å². The van der Waals surface area contributed by atoms with Crippen LogP contribution >= 0.6 is 12.4 Å². The Bertz CT molecular complexity index is 606. The molecule has 5 heteroatoms. The molecular formula is C16H19ClN2OSe. The Hall–Kier alpha value is -1.19. The van der Waals surface area contributed by atoms with E-state index >= 15 is 0 Å². The Kier molecular flexibility index (Phi) is 5.95. The number of rotatable bonds is 5. The SMILES string of the molecule is Cl.O=[Se]1CN(CCNCc2ccccc2)c2ccccc21. The van der Waals surface area contributed by atoms with E-state index in [2.05, 4.69) is 40.5 Å². The molecule has 1 aliphatic heterocycles. The zero-order valence-corrected chi connectivity index (χ0v) is 14.2. The molecule has 1 N–H and O–H groups in total. The van der Waals surface area contributed by atoms with Gasteiger partial charge in [0.25, 0.3) is 0 Å². The predicted molar refractivity (Wildman–Crippen MR) is 90.1 cm³/mol. The molecule has 0 saturated carbocycles. The monoisotopic (exact) mass is 370 g/mol. The van der Waals surface area contributed by atoms with Crippen LogP contribution in [-0.2, 0) is 10.4 Å². The fourth-order valence-corrected chi connectivity index (χ4v) is 5.25. The van der Waals surface area contributed by atoms with Gasteiger partial charge in [0.1, 0.15) is 0 Å². The molecule has 3 nitrogen and oxygen atoms in total. The first-order valence-electron chi connectivity index (χ1n) is 6.81. The van der Waals surface area contributed by atoms with E-state index in [4.69, 9.17) is 0 Å². The van der Waals surface area contributed by atoms with E-state index in [1.165, 1.54) is 5.56 Å². The molecule has 112 valence electrons. The quantitative estimate of drug-likeness (QED) is 0.645. The van der Waals surface area contributed by atoms with Gasteiger partial charge in [-0.25, -0.2) is 0 Å². The Balaban J connectivity index is 0.00000161. The van der Waals surface area contributed by atoms with Gasteiger partial charge in [-0.05, 0) is 0 Å². The predicted octanol–water partition coefficient (Wildman–Crippen LogP) is 1.89. The summed E-state index contributed by atoms with van der Waals surface area (Å²) in [5.74, 6) is 0. The zero-order chi connectivity index (χ0) is 13.8. The molecule has 0 amide bonds. The Morgan fingerprint density at radius 3 is 2.57 bits per heavy atom. The van der Waals surface area contributed by atoms with Gasteiger partial charge in [0.05, 0.1) is 0 Å². The molecular weight excluding hydrogens is 351 g/mol. The Morgan fingerprint density at radius 2 is 1.76 bits per heavy atom. The summed E-state index contributed by atoms with van der Waals surface area (Å²) >= 11 is -1.83. The van der Waals surface area contributed by atoms with Crippen LogP contribution < -0.4 is 14.7 Å². The van der Waals surface area contributed by atoms with Crippen LogP contribution in [0.1, 0.15) is 5.56 Å². The molecule has 1 unspecified atom stereocenters. The van der Waals surface area contributed by atoms with Gasteiger partial charge >= 0.3 is 123 Å². The number of hydrogen-bond donors (Lipinski definition) is 1. The number of nitrogens with one attached hydrogen (secondary N) is 1. The van der Waals surface area contributed by atoms with E-state index in [0.717, 1.165) is 29.8 Å². The molecule has 0 fully saturated rings. The second-order valence-electron chi connectivity index (χ2n) is 4.87. The van der Waals surface area contributed by atoms with Gasteiger partial charge in [-0.1, -0.05) is 0 Å². The number of anilines is 1. The van der Waals surface area contributed by atoms with Crippen LogP contribution in [0.2, 0.25) is 0 Å². The second-order valence-corrected chi connectivity index (χ2v) is 7.78. The number of hydrogen-bond acceptors (Lipinski definition) is 3. The molecule has 0 aliphatic carbocycles. The van der Waals surface area contributed by atoms with E-state index in [9.17, 15) is 3.83 Å². The van der Waals surface area contributed by atoms with E-state index in [1.54, 1.807) is 0 Å². The fraction of sp³-hybridized carbons (Fsp3) is 0.250. The van der Waals surface area contributed by atoms with E-state index in [0.29, 0.717) is 5.44 Å². The molecule has 3 rings (SSSR count). The van der Waals surface area contributed by atoms with Crippen LogP contribution in [0.3, 0.4) is 0 Å². The maximum absolute atomic E-state index is 12.1. The number of halogens is 1. The number of para-hydroxylation sites is 1. The number of nitrogens with zero attached hydrogens (tertiary/aromatic N) is 1. The first kappa shape index (κ1) is 16.2. The van der Waals surface area contributed by atoms with E-state index in [-0.39, 0.29) is 12.4 Å². The minimum atomic E-state index is -1.83. The summed E-state index contributed by atoms with van der Waals surface area (Å²) in [5.41, 5.74) is 3.17. The standard InChI is InChI=1S/C16H18N2OSe.ClH/c19-20-13-18(15-8-4-5-9-16(15)20)11-10-17-12-14-6-2-1-3-7-14;/h1-9,17H,10-13H2;1H. The van der Waals surface area contributed by atoms with E-state index in [1.807, 2.05) is 24.3 Å². The fourth-order valence-electron chi connectivity index (χ4n) is 2.42. The van der Waals surface area contributed by atoms with Gasteiger partial charge in [0.15, 0.2) is 0 Å². The summed E-state index contributed by atoms with van der Waals surface area (Å²) in [4.78, 5) is 2.24. The average Bonchev–Trinajstić information content (AvgIpc) is 2.82. The Labute approximate surface area is 135 Å². The van der Waals surface area contributed by atoms with Gasteiger partial charge in [-0.2, -0.15) is 0 Å². The third kappa shape index (κ3) is 3.92. The third-order valence-electron chi connectivity index (χ3n) is 3.45. The minimum absolute atomic E-state index is 0. The van der Waals surface area contributed by atoms with Crippen LogP contribution in [0.4, 0.5) is 5.69 Å². The zero-order valence-electron chi connectivity index (χ0n) is 11.7. The van der Waals surface area contributed by atoms with Crippen molar-refractivity contribution in [1.29, 1.82) is 0 Å². The molecule has 0 bridgehead atoms. The summed E-state index contributed by atoms with van der Waals surface area (Å²) in [7, 11) is 0. The molecule has 21 heavy (non-hydrogen) atoms. The van der Waals surface area contributed by atoms with Gasteiger partial charge in [-0.3, -0.25) is 0 Å². The third-order valence-corrected chi connectivity index (χ3v) is 6.35. The molecule has 1 heterocycles. The first-order valence-corrected chi connectivity index (χ1v) is 9.58. The first-order chi connectivity index (χ1) is 9.84. The van der Waals surface area contributed by atoms with Crippen LogP contribution in [0.25, 0.3) is 0 Å². The topological polar surface area (TPSA) is 32.3 Å². The van der Waals surface area contributed by atoms with Gasteiger partial charge in [0, 0.05) is 0 Å². The van der Waals surface area contributed by atoms with Crippen molar-refractivity contribution in [3.05, 3.63) is 60.2 Å².